The van der Waals surface area contributed by atoms with Crippen LogP contribution < -0.4 is 0 Å². The van der Waals surface area contributed by atoms with Crippen LogP contribution in [0.1, 0.15) is 20.3 Å². The summed E-state index contributed by atoms with van der Waals surface area (Å²) in [4.78, 5) is 0. The van der Waals surface area contributed by atoms with Crippen LogP contribution in [-0.4, -0.2) is 52.3 Å². The van der Waals surface area contributed by atoms with Gasteiger partial charge in [-0.15, -0.1) is 0 Å². The summed E-state index contributed by atoms with van der Waals surface area (Å²) in [5.41, 5.74) is 0. The van der Waals surface area contributed by atoms with Crippen LogP contribution in [0.25, 0.3) is 0 Å². The number of hydrogen-bond donors (Lipinski definition) is 1. The standard InChI is InChI=1S/C14H34O3Si2/c1-13(15)11-16-12-14(2)17-9-8-10-19(6,7)18(3,4)5/h13-15H,8-12H2,1-7H3. The second-order valence-corrected chi connectivity index (χ2v) is 24.6. The highest BCUT2D eigenvalue weighted by molar-refractivity contribution is 7.40. The van der Waals surface area contributed by atoms with E-state index in [0.29, 0.717) is 13.2 Å². The van der Waals surface area contributed by atoms with Gasteiger partial charge in [-0.25, -0.2) is 0 Å². The monoisotopic (exact) mass is 306 g/mol. The fraction of sp³-hybridized carbons (Fsp3) is 1.00. The minimum Gasteiger partial charge on any atom is -0.391 e. The van der Waals surface area contributed by atoms with Crippen molar-refractivity contribution in [2.45, 2.75) is 71.3 Å². The van der Waals surface area contributed by atoms with Crippen molar-refractivity contribution >= 4 is 15.2 Å². The second-order valence-electron chi connectivity index (χ2n) is 7.31. The molecule has 0 radical (unpaired) electrons. The summed E-state index contributed by atoms with van der Waals surface area (Å²) < 4.78 is 11.1. The Hall–Kier alpha value is 0.314. The van der Waals surface area contributed by atoms with Crippen LogP contribution >= 0.6 is 0 Å². The molecule has 0 bridgehead atoms. The van der Waals surface area contributed by atoms with Crippen molar-refractivity contribution in [1.29, 1.82) is 0 Å². The lowest BCUT2D eigenvalue weighted by Gasteiger charge is -2.35. The number of aliphatic hydroxyl groups excluding tert-OH is 1. The smallest absolute Gasteiger partial charge is 0.0780 e. The largest absolute Gasteiger partial charge is 0.391 e. The fourth-order valence-electron chi connectivity index (χ4n) is 1.63. The molecule has 0 aromatic rings. The maximum atomic E-state index is 9.09. The molecule has 0 heterocycles. The second kappa shape index (κ2) is 8.57. The number of rotatable bonds is 10. The van der Waals surface area contributed by atoms with Crippen LogP contribution in [0, 0.1) is 0 Å². The van der Waals surface area contributed by atoms with Crippen molar-refractivity contribution in [3.8, 4) is 0 Å². The van der Waals surface area contributed by atoms with Crippen molar-refractivity contribution in [3.63, 3.8) is 0 Å². The van der Waals surface area contributed by atoms with Gasteiger partial charge in [-0.2, -0.15) is 0 Å². The summed E-state index contributed by atoms with van der Waals surface area (Å²) in [6, 6.07) is 1.37. The molecule has 19 heavy (non-hydrogen) atoms. The predicted octanol–water partition coefficient (Wildman–Crippen LogP) is 3.30. The number of ether oxygens (including phenoxy) is 2. The Labute approximate surface area is 121 Å². The molecule has 0 amide bonds. The number of aliphatic hydroxyl groups is 1. The Morgan fingerprint density at radius 3 is 2.05 bits per heavy atom. The van der Waals surface area contributed by atoms with Gasteiger partial charge in [-0.3, -0.25) is 0 Å². The molecule has 0 aliphatic heterocycles. The highest BCUT2D eigenvalue weighted by atomic mass is 29.3. The van der Waals surface area contributed by atoms with E-state index in [0.717, 1.165) is 6.61 Å². The summed E-state index contributed by atoms with van der Waals surface area (Å²) in [6.07, 6.45) is 0.899. The lowest BCUT2D eigenvalue weighted by Crippen LogP contribution is -2.52. The van der Waals surface area contributed by atoms with Crippen LogP contribution in [0.2, 0.25) is 38.8 Å². The van der Waals surface area contributed by atoms with Crippen molar-refractivity contribution in [1.82, 2.24) is 0 Å². The van der Waals surface area contributed by atoms with Crippen LogP contribution in [0.5, 0.6) is 0 Å². The first-order valence-corrected chi connectivity index (χ1v) is 15.1. The molecule has 0 spiro atoms. The van der Waals surface area contributed by atoms with Crippen molar-refractivity contribution in [2.24, 2.45) is 0 Å². The molecule has 116 valence electrons. The first-order valence-electron chi connectivity index (χ1n) is 7.43. The first kappa shape index (κ1) is 19.3. The third-order valence-electron chi connectivity index (χ3n) is 4.09. The topological polar surface area (TPSA) is 38.7 Å². The van der Waals surface area contributed by atoms with E-state index in [9.17, 15) is 0 Å². The molecule has 0 aromatic carbocycles. The maximum absolute atomic E-state index is 9.09. The SMILES string of the molecule is CC(O)COCC(C)OCCC[Si](C)(C)[Si](C)(C)C. The molecule has 5 heteroatoms. The van der Waals surface area contributed by atoms with Crippen LogP contribution in [0.4, 0.5) is 0 Å². The average molecular weight is 307 g/mol. The predicted molar refractivity (Wildman–Crippen MR) is 88.2 cm³/mol. The molecule has 0 aliphatic carbocycles. The van der Waals surface area contributed by atoms with E-state index in [1.807, 2.05) is 6.92 Å². The highest BCUT2D eigenvalue weighted by Gasteiger charge is 2.35. The normalized spacial score (nSPS) is 16.4. The molecule has 1 N–H and O–H groups in total. The van der Waals surface area contributed by atoms with E-state index < -0.39 is 21.3 Å². The van der Waals surface area contributed by atoms with Gasteiger partial charge in [0.1, 0.15) is 0 Å². The third-order valence-corrected chi connectivity index (χ3v) is 22.7. The Morgan fingerprint density at radius 2 is 1.58 bits per heavy atom. The fourth-order valence-corrected chi connectivity index (χ4v) is 6.18. The molecule has 0 aliphatic rings. The third kappa shape index (κ3) is 8.97. The first-order chi connectivity index (χ1) is 8.56. The summed E-state index contributed by atoms with van der Waals surface area (Å²) in [6.45, 7) is 18.1. The molecule has 0 fully saturated rings. The average Bonchev–Trinajstić information content (AvgIpc) is 2.22. The summed E-state index contributed by atoms with van der Waals surface area (Å²) in [7, 11) is -1.99. The Balaban J connectivity index is 3.69. The van der Waals surface area contributed by atoms with Crippen molar-refractivity contribution in [3.05, 3.63) is 0 Å². The molecule has 2 unspecified atom stereocenters. The minimum atomic E-state index is -1.02. The highest BCUT2D eigenvalue weighted by Crippen LogP contribution is 2.24. The molecule has 0 aromatic heterocycles. The van der Waals surface area contributed by atoms with E-state index in [2.05, 4.69) is 32.7 Å². The quantitative estimate of drug-likeness (QED) is 0.497. The molecular weight excluding hydrogens is 272 g/mol. The van der Waals surface area contributed by atoms with Gasteiger partial charge in [0.25, 0.3) is 0 Å². The van der Waals surface area contributed by atoms with E-state index >= 15 is 0 Å². The molecular formula is C14H34O3Si2. The Bertz CT molecular complexity index is 237. The van der Waals surface area contributed by atoms with Gasteiger partial charge in [-0.1, -0.05) is 38.8 Å². The van der Waals surface area contributed by atoms with Crippen LogP contribution in [0.3, 0.4) is 0 Å². The lowest BCUT2D eigenvalue weighted by atomic mass is 10.4. The Kier molecular flexibility index (Phi) is 8.71. The zero-order valence-electron chi connectivity index (χ0n) is 14.0. The van der Waals surface area contributed by atoms with E-state index in [-0.39, 0.29) is 6.10 Å². The van der Waals surface area contributed by atoms with E-state index in [4.69, 9.17) is 14.6 Å². The maximum Gasteiger partial charge on any atom is 0.0780 e. The zero-order chi connectivity index (χ0) is 15.1. The van der Waals surface area contributed by atoms with E-state index in [1.165, 1.54) is 12.5 Å². The van der Waals surface area contributed by atoms with Gasteiger partial charge >= 0.3 is 0 Å². The lowest BCUT2D eigenvalue weighted by molar-refractivity contribution is -0.0281. The van der Waals surface area contributed by atoms with Crippen LogP contribution in [-0.2, 0) is 9.47 Å². The zero-order valence-corrected chi connectivity index (χ0v) is 16.0. The van der Waals surface area contributed by atoms with E-state index in [1.54, 1.807) is 6.92 Å². The molecule has 2 atom stereocenters. The van der Waals surface area contributed by atoms with Gasteiger partial charge in [0.2, 0.25) is 0 Å². The molecule has 0 saturated heterocycles. The molecule has 0 rings (SSSR count). The Morgan fingerprint density at radius 1 is 1.00 bits per heavy atom. The van der Waals surface area contributed by atoms with Gasteiger partial charge < -0.3 is 14.6 Å². The van der Waals surface area contributed by atoms with Crippen molar-refractivity contribution < 1.29 is 14.6 Å². The van der Waals surface area contributed by atoms with Gasteiger partial charge in [0.05, 0.1) is 25.4 Å². The van der Waals surface area contributed by atoms with Crippen LogP contribution in [0.15, 0.2) is 0 Å². The number of hydrogen-bond acceptors (Lipinski definition) is 3. The van der Waals surface area contributed by atoms with Crippen molar-refractivity contribution in [2.75, 3.05) is 19.8 Å². The minimum absolute atomic E-state index is 0.121. The van der Waals surface area contributed by atoms with Gasteiger partial charge in [0.15, 0.2) is 0 Å². The molecule has 3 nitrogen and oxygen atoms in total. The van der Waals surface area contributed by atoms with Gasteiger partial charge in [0, 0.05) is 21.8 Å². The summed E-state index contributed by atoms with van der Waals surface area (Å²) in [5.74, 6) is 0. The summed E-state index contributed by atoms with van der Waals surface area (Å²) in [5, 5.41) is 9.09. The van der Waals surface area contributed by atoms with Gasteiger partial charge in [-0.05, 0) is 20.3 Å². The summed E-state index contributed by atoms with van der Waals surface area (Å²) >= 11 is 0. The molecule has 0 saturated carbocycles.